The van der Waals surface area contributed by atoms with E-state index >= 15 is 0 Å². The summed E-state index contributed by atoms with van der Waals surface area (Å²) in [6, 6.07) is 5.99. The third-order valence-corrected chi connectivity index (χ3v) is 2.28. The van der Waals surface area contributed by atoms with Crippen LogP contribution in [0.25, 0.3) is 0 Å². The minimum Gasteiger partial charge on any atom is -0.341 e. The molecule has 88 valence electrons. The predicted molar refractivity (Wildman–Crippen MR) is 63.0 cm³/mol. The van der Waals surface area contributed by atoms with Crippen LogP contribution in [0.4, 0.5) is 16.2 Å². The lowest BCUT2D eigenvalue weighted by Crippen LogP contribution is -2.24. The van der Waals surface area contributed by atoms with Crippen LogP contribution in [0.1, 0.15) is 0 Å². The van der Waals surface area contributed by atoms with E-state index in [0.717, 1.165) is 6.26 Å². The topological polar surface area (TPSA) is 87.3 Å². The molecule has 1 aromatic rings. The fraction of sp³-hybridized carbons (Fsp3) is 0.222. The molecule has 1 aromatic carbocycles. The average Bonchev–Trinajstić information content (AvgIpc) is 2.18. The summed E-state index contributed by atoms with van der Waals surface area (Å²) in [6.07, 6.45) is 1.07. The van der Waals surface area contributed by atoms with E-state index in [1.54, 1.807) is 24.3 Å². The van der Waals surface area contributed by atoms with Crippen molar-refractivity contribution in [3.05, 3.63) is 24.3 Å². The highest BCUT2D eigenvalue weighted by atomic mass is 32.2. The third-order valence-electron chi connectivity index (χ3n) is 1.67. The predicted octanol–water partition coefficient (Wildman–Crippen LogP) is 0.809. The molecule has 0 atom stereocenters. The Hall–Kier alpha value is -1.76. The second-order valence-electron chi connectivity index (χ2n) is 3.16. The Labute approximate surface area is 94.1 Å². The van der Waals surface area contributed by atoms with Crippen LogP contribution in [0.2, 0.25) is 0 Å². The molecule has 0 aliphatic rings. The van der Waals surface area contributed by atoms with Crippen molar-refractivity contribution >= 4 is 27.4 Å². The van der Waals surface area contributed by atoms with Crippen LogP contribution in [0.15, 0.2) is 24.3 Å². The summed E-state index contributed by atoms with van der Waals surface area (Å²) in [5.41, 5.74) is 1.03. The van der Waals surface area contributed by atoms with Gasteiger partial charge in [0.1, 0.15) is 0 Å². The zero-order valence-corrected chi connectivity index (χ0v) is 9.76. The normalized spacial score (nSPS) is 10.6. The molecule has 0 bridgehead atoms. The van der Waals surface area contributed by atoms with Crippen LogP contribution < -0.4 is 15.4 Å². The standard InChI is InChI=1S/C9H13N3O3S/c1-10-9(13)11-7-3-5-8(6-4-7)12-16(2,14)15/h3-6,12H,1-2H3,(H2,10,11,13). The second-order valence-corrected chi connectivity index (χ2v) is 4.90. The summed E-state index contributed by atoms with van der Waals surface area (Å²) in [4.78, 5) is 11.0. The quantitative estimate of drug-likeness (QED) is 0.734. The highest BCUT2D eigenvalue weighted by Gasteiger charge is 2.02. The Morgan fingerprint density at radius 3 is 2.06 bits per heavy atom. The van der Waals surface area contributed by atoms with Crippen LogP contribution in [0, 0.1) is 0 Å². The summed E-state index contributed by atoms with van der Waals surface area (Å²) >= 11 is 0. The van der Waals surface area contributed by atoms with Gasteiger partial charge >= 0.3 is 6.03 Å². The maximum absolute atomic E-state index is 11.0. The van der Waals surface area contributed by atoms with E-state index in [4.69, 9.17) is 0 Å². The molecule has 0 fully saturated rings. The largest absolute Gasteiger partial charge is 0.341 e. The third kappa shape index (κ3) is 4.18. The van der Waals surface area contributed by atoms with Gasteiger partial charge in [-0.15, -0.1) is 0 Å². The van der Waals surface area contributed by atoms with Crippen LogP contribution in [0.5, 0.6) is 0 Å². The summed E-state index contributed by atoms with van der Waals surface area (Å²) in [6.45, 7) is 0. The number of carbonyl (C=O) groups excluding carboxylic acids is 1. The lowest BCUT2D eigenvalue weighted by Gasteiger charge is -2.06. The van der Waals surface area contributed by atoms with Crippen LogP contribution >= 0.6 is 0 Å². The molecule has 0 spiro atoms. The number of anilines is 2. The van der Waals surface area contributed by atoms with Crippen molar-refractivity contribution in [1.29, 1.82) is 0 Å². The fourth-order valence-corrected chi connectivity index (χ4v) is 1.59. The van der Waals surface area contributed by atoms with Gasteiger partial charge in [-0.25, -0.2) is 13.2 Å². The molecule has 2 amide bonds. The van der Waals surface area contributed by atoms with Gasteiger partial charge in [0.25, 0.3) is 0 Å². The lowest BCUT2D eigenvalue weighted by molar-refractivity contribution is 0.254. The van der Waals surface area contributed by atoms with Gasteiger partial charge in [0.15, 0.2) is 0 Å². The fourth-order valence-electron chi connectivity index (χ4n) is 1.03. The molecule has 0 aliphatic heterocycles. The Morgan fingerprint density at radius 1 is 1.12 bits per heavy atom. The summed E-state index contributed by atoms with van der Waals surface area (Å²) in [5.74, 6) is 0. The SMILES string of the molecule is CNC(=O)Nc1ccc(NS(C)(=O)=O)cc1. The second kappa shape index (κ2) is 4.84. The highest BCUT2D eigenvalue weighted by Crippen LogP contribution is 2.14. The number of benzene rings is 1. The van der Waals surface area contributed by atoms with Crippen molar-refractivity contribution < 1.29 is 13.2 Å². The monoisotopic (exact) mass is 243 g/mol. The van der Waals surface area contributed by atoms with Gasteiger partial charge in [0.05, 0.1) is 6.26 Å². The Morgan fingerprint density at radius 2 is 1.62 bits per heavy atom. The summed E-state index contributed by atoms with van der Waals surface area (Å²) < 4.78 is 24.2. The van der Waals surface area contributed by atoms with E-state index in [0.29, 0.717) is 11.4 Å². The van der Waals surface area contributed by atoms with Crippen LogP contribution in [0.3, 0.4) is 0 Å². The number of urea groups is 1. The van der Waals surface area contributed by atoms with Crippen molar-refractivity contribution in [3.8, 4) is 0 Å². The zero-order valence-electron chi connectivity index (χ0n) is 8.94. The zero-order chi connectivity index (χ0) is 12.2. The molecule has 3 N–H and O–H groups in total. The summed E-state index contributed by atoms with van der Waals surface area (Å²) in [5, 5.41) is 4.96. The van der Waals surface area contributed by atoms with Crippen molar-refractivity contribution in [2.75, 3.05) is 23.3 Å². The van der Waals surface area contributed by atoms with E-state index in [2.05, 4.69) is 15.4 Å². The number of rotatable bonds is 3. The van der Waals surface area contributed by atoms with Crippen LogP contribution in [-0.2, 0) is 10.0 Å². The molecule has 0 saturated heterocycles. The van der Waals surface area contributed by atoms with Crippen molar-refractivity contribution in [2.24, 2.45) is 0 Å². The number of hydrogen-bond acceptors (Lipinski definition) is 3. The first kappa shape index (κ1) is 12.3. The molecule has 0 aliphatic carbocycles. The summed E-state index contributed by atoms with van der Waals surface area (Å²) in [7, 11) is -1.76. The van der Waals surface area contributed by atoms with E-state index in [1.165, 1.54) is 7.05 Å². The Kier molecular flexibility index (Phi) is 3.73. The first-order valence-electron chi connectivity index (χ1n) is 4.47. The van der Waals surface area contributed by atoms with Gasteiger partial charge in [0, 0.05) is 18.4 Å². The number of hydrogen-bond donors (Lipinski definition) is 3. The molecular formula is C9H13N3O3S. The highest BCUT2D eigenvalue weighted by molar-refractivity contribution is 7.92. The van der Waals surface area contributed by atoms with E-state index in [-0.39, 0.29) is 6.03 Å². The minimum absolute atomic E-state index is 0.330. The molecule has 0 unspecified atom stereocenters. The van der Waals surface area contributed by atoms with Gasteiger partial charge in [-0.3, -0.25) is 4.72 Å². The van der Waals surface area contributed by atoms with Crippen molar-refractivity contribution in [3.63, 3.8) is 0 Å². The van der Waals surface area contributed by atoms with Gasteiger partial charge in [0.2, 0.25) is 10.0 Å². The molecule has 1 rings (SSSR count). The number of nitrogens with one attached hydrogen (secondary N) is 3. The minimum atomic E-state index is -3.27. The molecule has 0 radical (unpaired) electrons. The molecule has 0 saturated carbocycles. The Bertz CT molecular complexity index is 467. The molecule has 0 aromatic heterocycles. The van der Waals surface area contributed by atoms with Gasteiger partial charge in [-0.05, 0) is 24.3 Å². The average molecular weight is 243 g/mol. The maximum Gasteiger partial charge on any atom is 0.318 e. The Balaban J connectivity index is 2.72. The van der Waals surface area contributed by atoms with Crippen LogP contribution in [-0.4, -0.2) is 27.8 Å². The lowest BCUT2D eigenvalue weighted by atomic mass is 10.3. The first-order chi connectivity index (χ1) is 7.40. The number of sulfonamides is 1. The molecule has 6 nitrogen and oxygen atoms in total. The number of carbonyl (C=O) groups is 1. The van der Waals surface area contributed by atoms with Crippen molar-refractivity contribution in [2.45, 2.75) is 0 Å². The van der Waals surface area contributed by atoms with E-state index < -0.39 is 10.0 Å². The number of amides is 2. The van der Waals surface area contributed by atoms with E-state index in [1.807, 2.05) is 0 Å². The van der Waals surface area contributed by atoms with Gasteiger partial charge < -0.3 is 10.6 Å². The molecule has 16 heavy (non-hydrogen) atoms. The maximum atomic E-state index is 11.0. The molecule has 7 heteroatoms. The van der Waals surface area contributed by atoms with Gasteiger partial charge in [-0.2, -0.15) is 0 Å². The smallest absolute Gasteiger partial charge is 0.318 e. The van der Waals surface area contributed by atoms with Crippen molar-refractivity contribution in [1.82, 2.24) is 5.32 Å². The molecular weight excluding hydrogens is 230 g/mol. The van der Waals surface area contributed by atoms with E-state index in [9.17, 15) is 13.2 Å². The van der Waals surface area contributed by atoms with Gasteiger partial charge in [-0.1, -0.05) is 0 Å². The first-order valence-corrected chi connectivity index (χ1v) is 6.36. The molecule has 0 heterocycles.